The van der Waals surface area contributed by atoms with Crippen LogP contribution in [0.5, 0.6) is 11.5 Å². The SMILES string of the molecule is CC1(C)C[N+]2=Cc3ccccc3OC23Oc2ccccc2C=[N+]3C1. The lowest BCUT2D eigenvalue weighted by atomic mass is 9.90. The zero-order valence-corrected chi connectivity index (χ0v) is 13.9. The van der Waals surface area contributed by atoms with Gasteiger partial charge in [0.25, 0.3) is 0 Å². The maximum Gasteiger partial charge on any atom is 0.703 e. The largest absolute Gasteiger partial charge is 0.703 e. The molecule has 0 saturated carbocycles. The molecule has 1 saturated heterocycles. The Bertz CT molecular complexity index is 838. The monoisotopic (exact) mass is 320 g/mol. The minimum absolute atomic E-state index is 0.127. The number of hydrogen-bond donors (Lipinski definition) is 0. The second-order valence-electron chi connectivity index (χ2n) is 7.51. The van der Waals surface area contributed by atoms with Crippen LogP contribution in [0.25, 0.3) is 0 Å². The molecule has 2 aromatic carbocycles. The van der Waals surface area contributed by atoms with Crippen LogP contribution < -0.4 is 9.47 Å². The zero-order chi connectivity index (χ0) is 16.4. The third-order valence-corrected chi connectivity index (χ3v) is 4.84. The fourth-order valence-electron chi connectivity index (χ4n) is 3.83. The van der Waals surface area contributed by atoms with Gasteiger partial charge in [-0.25, -0.2) is 0 Å². The van der Waals surface area contributed by atoms with Crippen LogP contribution in [0.4, 0.5) is 0 Å². The van der Waals surface area contributed by atoms with Crippen molar-refractivity contribution in [3.05, 3.63) is 59.7 Å². The van der Waals surface area contributed by atoms with Crippen molar-refractivity contribution in [2.45, 2.75) is 19.9 Å². The molecule has 0 atom stereocenters. The van der Waals surface area contributed by atoms with Crippen LogP contribution in [-0.2, 0) is 0 Å². The van der Waals surface area contributed by atoms with Crippen LogP contribution in [0.2, 0.25) is 0 Å². The van der Waals surface area contributed by atoms with Crippen molar-refractivity contribution in [2.24, 2.45) is 5.41 Å². The highest BCUT2D eigenvalue weighted by Crippen LogP contribution is 2.39. The van der Waals surface area contributed by atoms with Gasteiger partial charge in [-0.3, -0.25) is 0 Å². The molecule has 3 aliphatic rings. The van der Waals surface area contributed by atoms with Crippen molar-refractivity contribution in [2.75, 3.05) is 13.1 Å². The normalized spacial score (nSPS) is 21.6. The van der Waals surface area contributed by atoms with E-state index in [1.165, 1.54) is 0 Å². The second-order valence-corrected chi connectivity index (χ2v) is 7.51. The molecular formula is C20H20N2O2+2. The lowest BCUT2D eigenvalue weighted by Gasteiger charge is -2.38. The number of benzene rings is 2. The summed E-state index contributed by atoms with van der Waals surface area (Å²) in [6, 6.07) is 15.3. The van der Waals surface area contributed by atoms with Gasteiger partial charge in [-0.05, 0) is 38.1 Å². The van der Waals surface area contributed by atoms with Gasteiger partial charge >= 0.3 is 6.03 Å². The highest BCUT2D eigenvalue weighted by atomic mass is 16.7. The van der Waals surface area contributed by atoms with Crippen LogP contribution in [-0.4, -0.2) is 40.7 Å². The number of nitrogens with zero attached hydrogens (tertiary/aromatic N) is 2. The Kier molecular flexibility index (Phi) is 2.57. The van der Waals surface area contributed by atoms with Crippen molar-refractivity contribution < 1.29 is 18.6 Å². The summed E-state index contributed by atoms with van der Waals surface area (Å²) in [6.07, 6.45) is 4.32. The van der Waals surface area contributed by atoms with E-state index in [9.17, 15) is 0 Å². The topological polar surface area (TPSA) is 24.5 Å². The molecule has 24 heavy (non-hydrogen) atoms. The Hall–Kier alpha value is -2.62. The van der Waals surface area contributed by atoms with Gasteiger partial charge in [0, 0.05) is 0 Å². The highest BCUT2D eigenvalue weighted by molar-refractivity contribution is 5.82. The molecule has 0 radical (unpaired) electrons. The number of para-hydroxylation sites is 2. The summed E-state index contributed by atoms with van der Waals surface area (Å²) in [4.78, 5) is 0. The summed E-state index contributed by atoms with van der Waals surface area (Å²) < 4.78 is 17.3. The molecule has 0 amide bonds. The molecule has 1 spiro atoms. The standard InChI is InChI=1S/C20H20N2O2/c1-19(2)13-21-11-15-7-3-5-9-17(15)23-20(21)22(14-19)12-16-8-4-6-10-18(16)24-20/h3-12H,13-14H2,1-2H3/q+2. The van der Waals surface area contributed by atoms with Gasteiger partial charge in [0.15, 0.2) is 37.0 Å². The number of rotatable bonds is 0. The van der Waals surface area contributed by atoms with E-state index in [-0.39, 0.29) is 5.41 Å². The van der Waals surface area contributed by atoms with Gasteiger partial charge in [-0.1, -0.05) is 33.4 Å². The summed E-state index contributed by atoms with van der Waals surface area (Å²) in [5, 5.41) is 0. The van der Waals surface area contributed by atoms with Gasteiger partial charge in [-0.2, -0.15) is 0 Å². The fourth-order valence-corrected chi connectivity index (χ4v) is 3.83. The maximum absolute atomic E-state index is 6.44. The van der Waals surface area contributed by atoms with Crippen LogP contribution in [0.1, 0.15) is 25.0 Å². The molecule has 0 N–H and O–H groups in total. The van der Waals surface area contributed by atoms with Crippen molar-refractivity contribution in [1.82, 2.24) is 0 Å². The molecule has 0 aliphatic carbocycles. The molecule has 0 bridgehead atoms. The Labute approximate surface area is 141 Å². The molecule has 0 unspecified atom stereocenters. The molecule has 4 nitrogen and oxygen atoms in total. The van der Waals surface area contributed by atoms with E-state index in [2.05, 4.69) is 47.6 Å². The molecule has 3 aliphatic heterocycles. The summed E-state index contributed by atoms with van der Waals surface area (Å²) in [5.74, 6) is 1.71. The fraction of sp³-hybridized carbons (Fsp3) is 0.300. The first-order valence-electron chi connectivity index (χ1n) is 8.35. The molecular weight excluding hydrogens is 300 g/mol. The van der Waals surface area contributed by atoms with Gasteiger partial charge in [0.1, 0.15) is 0 Å². The first kappa shape index (κ1) is 13.8. The van der Waals surface area contributed by atoms with E-state index in [0.29, 0.717) is 0 Å². The van der Waals surface area contributed by atoms with E-state index in [1.54, 1.807) is 0 Å². The molecule has 2 aromatic rings. The average Bonchev–Trinajstić information content (AvgIpc) is 2.55. The van der Waals surface area contributed by atoms with Gasteiger partial charge in [0.2, 0.25) is 0 Å². The van der Waals surface area contributed by atoms with Crippen LogP contribution in [0, 0.1) is 5.41 Å². The maximum atomic E-state index is 6.44. The molecule has 3 heterocycles. The number of hydrogen-bond acceptors (Lipinski definition) is 2. The van der Waals surface area contributed by atoms with Crippen molar-refractivity contribution >= 4 is 12.4 Å². The average molecular weight is 320 g/mol. The molecule has 0 aromatic heterocycles. The number of fused-ring (bicyclic) bond motifs is 2. The summed E-state index contributed by atoms with van der Waals surface area (Å²) in [6.45, 7) is 6.29. The van der Waals surface area contributed by atoms with Crippen LogP contribution >= 0.6 is 0 Å². The van der Waals surface area contributed by atoms with Gasteiger partial charge in [-0.15, -0.1) is 0 Å². The third kappa shape index (κ3) is 1.86. The molecule has 1 fully saturated rings. The van der Waals surface area contributed by atoms with E-state index in [4.69, 9.17) is 9.47 Å². The quantitative estimate of drug-likeness (QED) is 0.697. The van der Waals surface area contributed by atoms with Crippen molar-refractivity contribution in [3.63, 3.8) is 0 Å². The Balaban J connectivity index is 1.74. The lowest BCUT2D eigenvalue weighted by Crippen LogP contribution is -2.70. The van der Waals surface area contributed by atoms with Crippen LogP contribution in [0.3, 0.4) is 0 Å². The Morgan fingerprint density at radius 3 is 1.71 bits per heavy atom. The van der Waals surface area contributed by atoms with E-state index < -0.39 is 6.03 Å². The van der Waals surface area contributed by atoms with Crippen LogP contribution in [0.15, 0.2) is 48.5 Å². The summed E-state index contributed by atoms with van der Waals surface area (Å²) in [5.41, 5.74) is 2.30. The van der Waals surface area contributed by atoms with Crippen molar-refractivity contribution in [1.29, 1.82) is 0 Å². The predicted octanol–water partition coefficient (Wildman–Crippen LogP) is 2.69. The zero-order valence-electron chi connectivity index (χ0n) is 13.9. The molecule has 5 rings (SSSR count). The van der Waals surface area contributed by atoms with E-state index in [0.717, 1.165) is 35.7 Å². The van der Waals surface area contributed by atoms with Crippen molar-refractivity contribution in [3.8, 4) is 11.5 Å². The first-order chi connectivity index (χ1) is 11.6. The second kappa shape index (κ2) is 4.47. The Morgan fingerprint density at radius 1 is 0.750 bits per heavy atom. The minimum atomic E-state index is -0.932. The smallest absolute Gasteiger partial charge is 0.341 e. The van der Waals surface area contributed by atoms with E-state index >= 15 is 0 Å². The van der Waals surface area contributed by atoms with E-state index in [1.807, 2.05) is 36.4 Å². The molecule has 120 valence electrons. The van der Waals surface area contributed by atoms with Gasteiger partial charge in [0.05, 0.1) is 16.5 Å². The summed E-state index contributed by atoms with van der Waals surface area (Å²) in [7, 11) is 0. The lowest BCUT2D eigenvalue weighted by molar-refractivity contribution is -0.933. The predicted molar refractivity (Wildman–Crippen MR) is 91.2 cm³/mol. The molecule has 4 heteroatoms. The number of ether oxygens (including phenoxy) is 2. The Morgan fingerprint density at radius 2 is 1.21 bits per heavy atom. The summed E-state index contributed by atoms with van der Waals surface area (Å²) >= 11 is 0. The first-order valence-corrected chi connectivity index (χ1v) is 8.35. The highest BCUT2D eigenvalue weighted by Gasteiger charge is 2.68. The minimum Gasteiger partial charge on any atom is -0.341 e. The third-order valence-electron chi connectivity index (χ3n) is 4.84. The van der Waals surface area contributed by atoms with Gasteiger partial charge < -0.3 is 9.47 Å².